The SMILES string of the molecule is CC(C)(C)OC(=O)N[C@H](CSC(C)(C)C)CC1CCCCC1. The summed E-state index contributed by atoms with van der Waals surface area (Å²) >= 11 is 1.92. The van der Waals surface area contributed by atoms with E-state index in [-0.39, 0.29) is 16.9 Å². The quantitative estimate of drug-likeness (QED) is 0.735. The van der Waals surface area contributed by atoms with E-state index in [9.17, 15) is 4.79 Å². The Balaban J connectivity index is 2.54. The molecule has 1 atom stereocenters. The van der Waals surface area contributed by atoms with Gasteiger partial charge in [0.25, 0.3) is 0 Å². The third-order valence-corrected chi connectivity index (χ3v) is 5.22. The Kier molecular flexibility index (Phi) is 7.57. The topological polar surface area (TPSA) is 38.3 Å². The van der Waals surface area contributed by atoms with Crippen molar-refractivity contribution in [1.82, 2.24) is 5.32 Å². The lowest BCUT2D eigenvalue weighted by Crippen LogP contribution is -2.42. The van der Waals surface area contributed by atoms with Crippen LogP contribution in [0.2, 0.25) is 0 Å². The second kappa shape index (κ2) is 8.47. The lowest BCUT2D eigenvalue weighted by Gasteiger charge is -2.30. The molecular weight excluding hydrogens is 294 g/mol. The van der Waals surface area contributed by atoms with Gasteiger partial charge >= 0.3 is 6.09 Å². The first-order valence-electron chi connectivity index (χ1n) is 8.69. The second-order valence-electron chi connectivity index (χ2n) is 8.51. The van der Waals surface area contributed by atoms with Gasteiger partial charge in [-0.05, 0) is 33.1 Å². The summed E-state index contributed by atoms with van der Waals surface area (Å²) in [5.41, 5.74) is -0.434. The maximum Gasteiger partial charge on any atom is 0.407 e. The van der Waals surface area contributed by atoms with Gasteiger partial charge in [-0.2, -0.15) is 11.8 Å². The van der Waals surface area contributed by atoms with Crippen LogP contribution in [0.3, 0.4) is 0 Å². The van der Waals surface area contributed by atoms with E-state index in [2.05, 4.69) is 26.1 Å². The molecule has 0 unspecified atom stereocenters. The number of carbonyl (C=O) groups is 1. The number of nitrogens with one attached hydrogen (secondary N) is 1. The van der Waals surface area contributed by atoms with E-state index in [4.69, 9.17) is 4.74 Å². The first kappa shape index (κ1) is 19.7. The van der Waals surface area contributed by atoms with Gasteiger partial charge in [0.05, 0.1) is 0 Å². The lowest BCUT2D eigenvalue weighted by atomic mass is 9.85. The molecule has 130 valence electrons. The summed E-state index contributed by atoms with van der Waals surface area (Å²) < 4.78 is 5.65. The summed E-state index contributed by atoms with van der Waals surface area (Å²) in [6.07, 6.45) is 7.49. The first-order chi connectivity index (χ1) is 10.1. The highest BCUT2D eigenvalue weighted by Crippen LogP contribution is 2.30. The zero-order chi connectivity index (χ0) is 16.8. The molecule has 1 fully saturated rings. The summed E-state index contributed by atoms with van der Waals surface area (Å²) in [6, 6.07) is 0.210. The Bertz CT molecular complexity index is 338. The monoisotopic (exact) mass is 329 g/mol. The number of rotatable bonds is 5. The van der Waals surface area contributed by atoms with Crippen LogP contribution in [-0.4, -0.2) is 28.2 Å². The molecule has 1 aliphatic rings. The van der Waals surface area contributed by atoms with Crippen LogP contribution in [0, 0.1) is 5.92 Å². The largest absolute Gasteiger partial charge is 0.444 e. The van der Waals surface area contributed by atoms with Crippen LogP contribution in [0.1, 0.15) is 80.1 Å². The van der Waals surface area contributed by atoms with Crippen molar-refractivity contribution in [2.75, 3.05) is 5.75 Å². The molecule has 0 aliphatic heterocycles. The third-order valence-electron chi connectivity index (χ3n) is 3.78. The number of alkyl carbamates (subject to hydrolysis) is 1. The summed E-state index contributed by atoms with van der Waals surface area (Å²) in [5.74, 6) is 1.72. The zero-order valence-electron chi connectivity index (χ0n) is 15.3. The smallest absolute Gasteiger partial charge is 0.407 e. The molecule has 1 amide bonds. The standard InChI is InChI=1S/C18H35NO2S/c1-17(2,3)21-16(20)19-15(13-22-18(4,5)6)12-14-10-8-7-9-11-14/h14-15H,7-13H2,1-6H3,(H,19,20)/t15-/m0/s1. The van der Waals surface area contributed by atoms with E-state index in [1.54, 1.807) is 0 Å². The van der Waals surface area contributed by atoms with Crippen LogP contribution in [0.15, 0.2) is 0 Å². The van der Waals surface area contributed by atoms with Gasteiger partial charge in [0.15, 0.2) is 0 Å². The van der Waals surface area contributed by atoms with E-state index in [0.717, 1.165) is 18.1 Å². The molecule has 0 aromatic carbocycles. The highest BCUT2D eigenvalue weighted by atomic mass is 32.2. The van der Waals surface area contributed by atoms with Crippen molar-refractivity contribution in [3.63, 3.8) is 0 Å². The van der Waals surface area contributed by atoms with Gasteiger partial charge in [-0.3, -0.25) is 0 Å². The van der Waals surface area contributed by atoms with E-state index in [0.29, 0.717) is 0 Å². The minimum Gasteiger partial charge on any atom is -0.444 e. The van der Waals surface area contributed by atoms with Crippen molar-refractivity contribution < 1.29 is 9.53 Å². The van der Waals surface area contributed by atoms with Crippen LogP contribution < -0.4 is 5.32 Å². The van der Waals surface area contributed by atoms with E-state index in [1.807, 2.05) is 32.5 Å². The normalized spacial score (nSPS) is 18.8. The Morgan fingerprint density at radius 2 is 1.73 bits per heavy atom. The van der Waals surface area contributed by atoms with Crippen LogP contribution in [0.5, 0.6) is 0 Å². The van der Waals surface area contributed by atoms with Crippen molar-refractivity contribution in [2.45, 2.75) is 96.5 Å². The molecule has 1 rings (SSSR count). The van der Waals surface area contributed by atoms with Crippen LogP contribution >= 0.6 is 11.8 Å². The average Bonchev–Trinajstić information content (AvgIpc) is 2.34. The Morgan fingerprint density at radius 3 is 2.23 bits per heavy atom. The predicted octanol–water partition coefficient (Wildman–Crippen LogP) is 5.38. The van der Waals surface area contributed by atoms with Crippen molar-refractivity contribution in [2.24, 2.45) is 5.92 Å². The number of thioether (sulfide) groups is 1. The van der Waals surface area contributed by atoms with E-state index in [1.165, 1.54) is 32.1 Å². The van der Waals surface area contributed by atoms with E-state index >= 15 is 0 Å². The van der Waals surface area contributed by atoms with Gasteiger partial charge in [0.1, 0.15) is 5.60 Å². The summed E-state index contributed by atoms with van der Waals surface area (Å²) in [7, 11) is 0. The van der Waals surface area contributed by atoms with Crippen LogP contribution in [0.25, 0.3) is 0 Å². The molecule has 0 heterocycles. The Labute approximate surface area is 141 Å². The molecule has 0 aromatic rings. The highest BCUT2D eigenvalue weighted by molar-refractivity contribution is 8.00. The molecule has 3 nitrogen and oxygen atoms in total. The maximum absolute atomic E-state index is 12.1. The molecule has 0 aromatic heterocycles. The van der Waals surface area contributed by atoms with Gasteiger partial charge in [-0.25, -0.2) is 4.79 Å². The van der Waals surface area contributed by atoms with Crippen molar-refractivity contribution in [3.8, 4) is 0 Å². The van der Waals surface area contributed by atoms with Crippen molar-refractivity contribution in [3.05, 3.63) is 0 Å². The number of carbonyl (C=O) groups excluding carboxylic acids is 1. The van der Waals surface area contributed by atoms with Crippen LogP contribution in [-0.2, 0) is 4.74 Å². The molecule has 0 spiro atoms. The Hall–Kier alpha value is -0.380. The fourth-order valence-corrected chi connectivity index (χ4v) is 3.74. The molecule has 1 N–H and O–H groups in total. The Morgan fingerprint density at radius 1 is 1.14 bits per heavy atom. The third kappa shape index (κ3) is 9.60. The fraction of sp³-hybridized carbons (Fsp3) is 0.944. The van der Waals surface area contributed by atoms with Gasteiger partial charge in [-0.1, -0.05) is 52.9 Å². The van der Waals surface area contributed by atoms with Crippen molar-refractivity contribution >= 4 is 17.9 Å². The van der Waals surface area contributed by atoms with Gasteiger partial charge in [-0.15, -0.1) is 0 Å². The van der Waals surface area contributed by atoms with E-state index < -0.39 is 5.60 Å². The van der Waals surface area contributed by atoms with Crippen molar-refractivity contribution in [1.29, 1.82) is 0 Å². The summed E-state index contributed by atoms with van der Waals surface area (Å²) in [4.78, 5) is 12.1. The molecule has 1 saturated carbocycles. The molecule has 0 radical (unpaired) electrons. The molecular formula is C18H35NO2S. The molecule has 22 heavy (non-hydrogen) atoms. The first-order valence-corrected chi connectivity index (χ1v) is 9.67. The zero-order valence-corrected chi connectivity index (χ0v) is 16.1. The van der Waals surface area contributed by atoms with Gasteiger partial charge < -0.3 is 10.1 Å². The minimum absolute atomic E-state index is 0.210. The number of amides is 1. The molecule has 0 saturated heterocycles. The maximum atomic E-state index is 12.1. The van der Waals surface area contributed by atoms with Crippen LogP contribution in [0.4, 0.5) is 4.79 Å². The summed E-state index contributed by atoms with van der Waals surface area (Å²) in [5, 5.41) is 3.11. The lowest BCUT2D eigenvalue weighted by molar-refractivity contribution is 0.0501. The van der Waals surface area contributed by atoms with Gasteiger partial charge in [0, 0.05) is 16.5 Å². The molecule has 4 heteroatoms. The summed E-state index contributed by atoms with van der Waals surface area (Å²) in [6.45, 7) is 12.4. The molecule has 0 bridgehead atoms. The number of hydrogen-bond donors (Lipinski definition) is 1. The second-order valence-corrected chi connectivity index (χ2v) is 10.4. The number of ether oxygens (including phenoxy) is 1. The fourth-order valence-electron chi connectivity index (χ4n) is 2.82. The average molecular weight is 330 g/mol. The highest BCUT2D eigenvalue weighted by Gasteiger charge is 2.24. The minimum atomic E-state index is -0.434. The molecule has 1 aliphatic carbocycles. The number of hydrogen-bond acceptors (Lipinski definition) is 3. The predicted molar refractivity (Wildman–Crippen MR) is 96.6 cm³/mol. The van der Waals surface area contributed by atoms with Gasteiger partial charge in [0.2, 0.25) is 0 Å².